The molecule has 1 saturated heterocycles. The normalized spacial score (nSPS) is 13.8. The van der Waals surface area contributed by atoms with Crippen LogP contribution in [0.5, 0.6) is 0 Å². The SMILES string of the molecule is O=C(O)C(F)(F)F.O=C(O)c1ccc(NC(=NCc2ccccc2)N2CCN(c3cccc(Cl)c3)CC2)cc1. The van der Waals surface area contributed by atoms with Crippen molar-refractivity contribution < 1.29 is 33.0 Å². The predicted molar refractivity (Wildman–Crippen MR) is 144 cm³/mol. The second-order valence-electron chi connectivity index (χ2n) is 8.39. The van der Waals surface area contributed by atoms with Crippen molar-refractivity contribution in [3.63, 3.8) is 0 Å². The lowest BCUT2D eigenvalue weighted by atomic mass is 10.2. The van der Waals surface area contributed by atoms with Gasteiger partial charge in [0.1, 0.15) is 0 Å². The quantitative estimate of drug-likeness (QED) is 0.280. The smallest absolute Gasteiger partial charge is 0.478 e. The molecule has 1 heterocycles. The van der Waals surface area contributed by atoms with Crippen LogP contribution < -0.4 is 10.2 Å². The summed E-state index contributed by atoms with van der Waals surface area (Å²) in [5, 5.41) is 20.4. The van der Waals surface area contributed by atoms with E-state index in [1.165, 1.54) is 0 Å². The van der Waals surface area contributed by atoms with Gasteiger partial charge in [-0.25, -0.2) is 14.6 Å². The number of carboxylic acid groups (broad SMARTS) is 2. The van der Waals surface area contributed by atoms with Gasteiger partial charge in [0, 0.05) is 42.6 Å². The van der Waals surface area contributed by atoms with E-state index in [-0.39, 0.29) is 5.56 Å². The van der Waals surface area contributed by atoms with Gasteiger partial charge in [-0.05, 0) is 48.0 Å². The Labute approximate surface area is 228 Å². The van der Waals surface area contributed by atoms with Crippen LogP contribution in [0.2, 0.25) is 5.02 Å². The minimum atomic E-state index is -5.08. The summed E-state index contributed by atoms with van der Waals surface area (Å²) in [6.07, 6.45) is -5.08. The molecule has 3 aromatic carbocycles. The molecule has 1 aliphatic rings. The fraction of sp³-hybridized carbons (Fsp3) is 0.222. The molecule has 1 fully saturated rings. The van der Waals surface area contributed by atoms with Gasteiger partial charge < -0.3 is 25.3 Å². The number of halogens is 4. The molecule has 0 spiro atoms. The van der Waals surface area contributed by atoms with E-state index in [1.54, 1.807) is 24.3 Å². The number of hydrogen-bond donors (Lipinski definition) is 3. The van der Waals surface area contributed by atoms with Crippen molar-refractivity contribution in [2.75, 3.05) is 36.4 Å². The Morgan fingerprint density at radius 1 is 0.897 bits per heavy atom. The largest absolute Gasteiger partial charge is 0.490 e. The number of aliphatic imine (C=N–C) groups is 1. The molecule has 0 bridgehead atoms. The molecule has 0 saturated carbocycles. The molecule has 0 radical (unpaired) electrons. The van der Waals surface area contributed by atoms with E-state index in [1.807, 2.05) is 36.4 Å². The number of alkyl halides is 3. The molecule has 0 unspecified atom stereocenters. The number of carboxylic acids is 2. The van der Waals surface area contributed by atoms with Crippen LogP contribution in [0.3, 0.4) is 0 Å². The number of guanidine groups is 1. The van der Waals surface area contributed by atoms with Crippen molar-refractivity contribution in [3.05, 3.63) is 95.0 Å². The van der Waals surface area contributed by atoms with Gasteiger partial charge in [-0.1, -0.05) is 48.0 Å². The monoisotopic (exact) mass is 562 g/mol. The Bertz CT molecular complexity index is 1280. The molecule has 1 aliphatic heterocycles. The lowest BCUT2D eigenvalue weighted by Crippen LogP contribution is -2.50. The molecule has 3 aromatic rings. The third kappa shape index (κ3) is 9.22. The summed E-state index contributed by atoms with van der Waals surface area (Å²) >= 11 is 6.16. The number of benzene rings is 3. The van der Waals surface area contributed by atoms with Gasteiger partial charge >= 0.3 is 18.1 Å². The Morgan fingerprint density at radius 2 is 1.51 bits per heavy atom. The molecule has 12 heteroatoms. The summed E-state index contributed by atoms with van der Waals surface area (Å²) in [7, 11) is 0. The second-order valence-corrected chi connectivity index (χ2v) is 8.83. The summed E-state index contributed by atoms with van der Waals surface area (Å²) in [4.78, 5) is 29.4. The van der Waals surface area contributed by atoms with E-state index in [4.69, 9.17) is 31.6 Å². The topological polar surface area (TPSA) is 105 Å². The first-order valence-electron chi connectivity index (χ1n) is 11.8. The number of rotatable bonds is 5. The van der Waals surface area contributed by atoms with Crippen molar-refractivity contribution in [1.29, 1.82) is 0 Å². The summed E-state index contributed by atoms with van der Waals surface area (Å²) in [6, 6.07) is 24.8. The molecular weight excluding hydrogens is 537 g/mol. The number of aromatic carboxylic acids is 1. The highest BCUT2D eigenvalue weighted by Gasteiger charge is 2.38. The fourth-order valence-corrected chi connectivity index (χ4v) is 3.83. The van der Waals surface area contributed by atoms with Gasteiger partial charge in [0.2, 0.25) is 0 Å². The molecule has 0 atom stereocenters. The lowest BCUT2D eigenvalue weighted by molar-refractivity contribution is -0.192. The molecule has 8 nitrogen and oxygen atoms in total. The summed E-state index contributed by atoms with van der Waals surface area (Å²) in [5.74, 6) is -2.91. The van der Waals surface area contributed by atoms with E-state index in [2.05, 4.69) is 33.3 Å². The third-order valence-electron chi connectivity index (χ3n) is 5.64. The van der Waals surface area contributed by atoms with Gasteiger partial charge in [0.15, 0.2) is 5.96 Å². The van der Waals surface area contributed by atoms with Crippen LogP contribution in [-0.4, -0.2) is 65.4 Å². The molecule has 206 valence electrons. The first-order valence-corrected chi connectivity index (χ1v) is 12.1. The summed E-state index contributed by atoms with van der Waals surface area (Å²) in [5.41, 5.74) is 3.32. The first kappa shape index (κ1) is 29.3. The van der Waals surface area contributed by atoms with Crippen LogP contribution in [0.15, 0.2) is 83.9 Å². The van der Waals surface area contributed by atoms with Crippen molar-refractivity contribution >= 4 is 40.9 Å². The zero-order chi connectivity index (χ0) is 28.4. The number of piperazine rings is 1. The molecule has 4 rings (SSSR count). The standard InChI is InChI=1S/C25H25ClN4O2.C2HF3O2/c26-21-7-4-8-23(17-21)29-13-15-30(16-14-29)25(27-18-19-5-2-1-3-6-19)28-22-11-9-20(10-12-22)24(31)32;3-2(4,5)1(6)7/h1-12,17H,13-16,18H2,(H,27,28)(H,31,32);(H,6,7). The number of hydrogen-bond acceptors (Lipinski definition) is 4. The minimum absolute atomic E-state index is 0.258. The van der Waals surface area contributed by atoms with Gasteiger partial charge in [0.05, 0.1) is 12.1 Å². The van der Waals surface area contributed by atoms with Gasteiger partial charge in [-0.3, -0.25) is 0 Å². The van der Waals surface area contributed by atoms with Crippen molar-refractivity contribution in [1.82, 2.24) is 4.90 Å². The molecule has 3 N–H and O–H groups in total. The van der Waals surface area contributed by atoms with Crippen molar-refractivity contribution in [2.45, 2.75) is 12.7 Å². The van der Waals surface area contributed by atoms with Crippen LogP contribution in [-0.2, 0) is 11.3 Å². The number of anilines is 2. The number of carbonyl (C=O) groups is 2. The highest BCUT2D eigenvalue weighted by molar-refractivity contribution is 6.30. The maximum atomic E-state index is 11.1. The lowest BCUT2D eigenvalue weighted by Gasteiger charge is -2.37. The second kappa shape index (κ2) is 13.5. The average molecular weight is 563 g/mol. The van der Waals surface area contributed by atoms with Gasteiger partial charge in [-0.15, -0.1) is 0 Å². The number of nitrogens with zero attached hydrogens (tertiary/aromatic N) is 3. The fourth-order valence-electron chi connectivity index (χ4n) is 3.64. The van der Waals surface area contributed by atoms with E-state index in [9.17, 15) is 18.0 Å². The summed E-state index contributed by atoms with van der Waals surface area (Å²) < 4.78 is 31.7. The van der Waals surface area contributed by atoms with E-state index < -0.39 is 18.1 Å². The van der Waals surface area contributed by atoms with Crippen LogP contribution in [0.4, 0.5) is 24.5 Å². The zero-order valence-corrected chi connectivity index (χ0v) is 21.4. The van der Waals surface area contributed by atoms with Crippen LogP contribution in [0.25, 0.3) is 0 Å². The Hall–Kier alpha value is -4.25. The minimum Gasteiger partial charge on any atom is -0.478 e. The molecule has 0 aliphatic carbocycles. The van der Waals surface area contributed by atoms with Crippen molar-refractivity contribution in [3.8, 4) is 0 Å². The third-order valence-corrected chi connectivity index (χ3v) is 5.87. The van der Waals surface area contributed by atoms with Crippen LogP contribution >= 0.6 is 11.6 Å². The van der Waals surface area contributed by atoms with E-state index in [0.717, 1.165) is 54.1 Å². The Kier molecular flexibility index (Phi) is 10.2. The average Bonchev–Trinajstić information content (AvgIpc) is 2.92. The van der Waals surface area contributed by atoms with E-state index >= 15 is 0 Å². The van der Waals surface area contributed by atoms with Gasteiger partial charge in [-0.2, -0.15) is 13.2 Å². The molecule has 0 amide bonds. The van der Waals surface area contributed by atoms with Crippen molar-refractivity contribution in [2.24, 2.45) is 4.99 Å². The number of aliphatic carboxylic acids is 1. The Balaban J connectivity index is 0.000000532. The zero-order valence-electron chi connectivity index (χ0n) is 20.6. The predicted octanol–water partition coefficient (Wildman–Crippen LogP) is 5.46. The maximum absolute atomic E-state index is 11.1. The first-order chi connectivity index (χ1) is 18.5. The Morgan fingerprint density at radius 3 is 2.05 bits per heavy atom. The highest BCUT2D eigenvalue weighted by atomic mass is 35.5. The van der Waals surface area contributed by atoms with Crippen LogP contribution in [0.1, 0.15) is 15.9 Å². The maximum Gasteiger partial charge on any atom is 0.490 e. The molecular formula is C27H26ClF3N4O4. The van der Waals surface area contributed by atoms with Crippen LogP contribution in [0, 0.1) is 0 Å². The summed E-state index contributed by atoms with van der Waals surface area (Å²) in [6.45, 7) is 3.88. The van der Waals surface area contributed by atoms with E-state index in [0.29, 0.717) is 6.54 Å². The molecule has 0 aromatic heterocycles. The molecule has 39 heavy (non-hydrogen) atoms. The highest BCUT2D eigenvalue weighted by Crippen LogP contribution is 2.21. The number of nitrogens with one attached hydrogen (secondary N) is 1. The van der Waals surface area contributed by atoms with Gasteiger partial charge in [0.25, 0.3) is 0 Å².